The molecule has 0 saturated heterocycles. The Kier molecular flexibility index (Phi) is 3.77. The van der Waals surface area contributed by atoms with E-state index in [9.17, 15) is 0 Å². The zero-order chi connectivity index (χ0) is 13.7. The minimum atomic E-state index is 0.00547. The number of allylic oxidation sites excluding steroid dienone is 1. The fourth-order valence-electron chi connectivity index (χ4n) is 1.68. The molecule has 0 unspecified atom stereocenters. The van der Waals surface area contributed by atoms with Crippen molar-refractivity contribution >= 4 is 16.7 Å². The third-order valence-corrected chi connectivity index (χ3v) is 2.59. The lowest BCUT2D eigenvalue weighted by Crippen LogP contribution is -1.99. The number of nitrogens with one attached hydrogen (secondary N) is 1. The molecular weight excluding hydrogens is 242 g/mol. The van der Waals surface area contributed by atoms with Gasteiger partial charge in [0.1, 0.15) is 17.7 Å². The van der Waals surface area contributed by atoms with Gasteiger partial charge in [-0.1, -0.05) is 0 Å². The molecule has 0 radical (unpaired) electrons. The topological polar surface area (TPSA) is 97.7 Å². The number of aromatic nitrogens is 2. The van der Waals surface area contributed by atoms with Crippen LogP contribution in [-0.4, -0.2) is 21.3 Å². The second-order valence-electron chi connectivity index (χ2n) is 3.79. The van der Waals surface area contributed by atoms with Crippen LogP contribution in [0.15, 0.2) is 36.3 Å². The van der Waals surface area contributed by atoms with Gasteiger partial charge in [-0.3, -0.25) is 0 Å². The molecule has 1 heterocycles. The van der Waals surface area contributed by atoms with Crippen molar-refractivity contribution in [1.82, 2.24) is 9.55 Å². The Morgan fingerprint density at radius 1 is 1.42 bits per heavy atom. The van der Waals surface area contributed by atoms with Gasteiger partial charge >= 0.3 is 0 Å². The van der Waals surface area contributed by atoms with E-state index in [2.05, 4.69) is 10.3 Å². The highest BCUT2D eigenvalue weighted by molar-refractivity contribution is 5.79. The molecule has 0 saturated carbocycles. The second-order valence-corrected chi connectivity index (χ2v) is 3.79. The highest BCUT2D eigenvalue weighted by Crippen LogP contribution is 2.18. The van der Waals surface area contributed by atoms with Gasteiger partial charge < -0.3 is 15.0 Å². The van der Waals surface area contributed by atoms with E-state index in [1.54, 1.807) is 18.5 Å². The lowest BCUT2D eigenvalue weighted by Gasteiger charge is -2.03. The maximum absolute atomic E-state index is 8.92. The second kappa shape index (κ2) is 5.67. The van der Waals surface area contributed by atoms with Gasteiger partial charge in [-0.15, -0.1) is 0 Å². The predicted molar refractivity (Wildman–Crippen MR) is 69.8 cm³/mol. The summed E-state index contributed by atoms with van der Waals surface area (Å²) in [5.74, 6) is 0. The van der Waals surface area contributed by atoms with Crippen LogP contribution in [0.5, 0.6) is 0 Å². The fourth-order valence-corrected chi connectivity index (χ4v) is 1.68. The fraction of sp³-hybridized carbons (Fsp3) is 0.154. The first-order valence-corrected chi connectivity index (χ1v) is 5.61. The molecule has 0 aliphatic heterocycles. The molecule has 1 aromatic heterocycles. The highest BCUT2D eigenvalue weighted by Gasteiger charge is 2.02. The molecule has 0 fully saturated rings. The number of aliphatic hydroxyl groups excluding tert-OH is 1. The average Bonchev–Trinajstić information content (AvgIpc) is 2.83. The van der Waals surface area contributed by atoms with Gasteiger partial charge in [0, 0.05) is 18.4 Å². The molecule has 0 atom stereocenters. The lowest BCUT2D eigenvalue weighted by atomic mass is 10.2. The molecule has 0 spiro atoms. The van der Waals surface area contributed by atoms with Crippen molar-refractivity contribution in [3.8, 4) is 12.1 Å². The molecule has 94 valence electrons. The number of anilines is 1. The molecule has 6 heteroatoms. The summed E-state index contributed by atoms with van der Waals surface area (Å²) in [4.78, 5) is 4.23. The molecule has 0 aliphatic rings. The van der Waals surface area contributed by atoms with Gasteiger partial charge in [-0.2, -0.15) is 10.5 Å². The molecule has 2 N–H and O–H groups in total. The monoisotopic (exact) mass is 253 g/mol. The smallest absolute Gasteiger partial charge is 0.145 e. The quantitative estimate of drug-likeness (QED) is 0.802. The van der Waals surface area contributed by atoms with Crippen LogP contribution in [0.3, 0.4) is 0 Å². The van der Waals surface area contributed by atoms with Crippen molar-refractivity contribution in [3.05, 3.63) is 36.3 Å². The number of rotatable bonds is 4. The van der Waals surface area contributed by atoms with E-state index in [1.165, 1.54) is 6.20 Å². The molecule has 0 aliphatic carbocycles. The van der Waals surface area contributed by atoms with E-state index in [1.807, 2.05) is 22.8 Å². The SMILES string of the molecule is N#CC(C#N)=CNc1ccc2c(c1)ncn2CCO. The first-order chi connectivity index (χ1) is 9.28. The Morgan fingerprint density at radius 2 is 2.21 bits per heavy atom. The van der Waals surface area contributed by atoms with E-state index in [4.69, 9.17) is 15.6 Å². The van der Waals surface area contributed by atoms with E-state index in [0.29, 0.717) is 6.54 Å². The Hall–Kier alpha value is -2.83. The van der Waals surface area contributed by atoms with E-state index >= 15 is 0 Å². The third kappa shape index (κ3) is 2.71. The summed E-state index contributed by atoms with van der Waals surface area (Å²) in [7, 11) is 0. The van der Waals surface area contributed by atoms with Crippen LogP contribution in [0.25, 0.3) is 11.0 Å². The molecule has 0 bridgehead atoms. The van der Waals surface area contributed by atoms with Gasteiger partial charge in [-0.25, -0.2) is 4.98 Å². The maximum Gasteiger partial charge on any atom is 0.145 e. The first-order valence-electron chi connectivity index (χ1n) is 5.61. The zero-order valence-electron chi connectivity index (χ0n) is 10.0. The normalized spacial score (nSPS) is 9.63. The van der Waals surface area contributed by atoms with Gasteiger partial charge in [0.15, 0.2) is 0 Å². The van der Waals surface area contributed by atoms with E-state index in [0.717, 1.165) is 16.7 Å². The van der Waals surface area contributed by atoms with Crippen molar-refractivity contribution < 1.29 is 5.11 Å². The van der Waals surface area contributed by atoms with Gasteiger partial charge in [0.25, 0.3) is 0 Å². The summed E-state index contributed by atoms with van der Waals surface area (Å²) in [6.07, 6.45) is 3.02. The van der Waals surface area contributed by atoms with Crippen LogP contribution in [0.4, 0.5) is 5.69 Å². The molecule has 0 amide bonds. The first kappa shape index (κ1) is 12.6. The molecule has 2 aromatic rings. The number of fused-ring (bicyclic) bond motifs is 1. The number of hydrogen-bond donors (Lipinski definition) is 2. The number of nitriles is 2. The van der Waals surface area contributed by atoms with E-state index < -0.39 is 0 Å². The van der Waals surface area contributed by atoms with E-state index in [-0.39, 0.29) is 12.2 Å². The third-order valence-electron chi connectivity index (χ3n) is 2.59. The lowest BCUT2D eigenvalue weighted by molar-refractivity contribution is 0.278. The highest BCUT2D eigenvalue weighted by atomic mass is 16.3. The predicted octanol–water partition coefficient (Wildman–Crippen LogP) is 1.37. The summed E-state index contributed by atoms with van der Waals surface area (Å²) >= 11 is 0. The molecular formula is C13H11N5O. The Balaban J connectivity index is 2.26. The molecule has 1 aromatic carbocycles. The average molecular weight is 253 g/mol. The summed E-state index contributed by atoms with van der Waals surface area (Å²) in [5.41, 5.74) is 2.45. The molecule has 19 heavy (non-hydrogen) atoms. The van der Waals surface area contributed by atoms with Crippen molar-refractivity contribution in [2.75, 3.05) is 11.9 Å². The number of imidazole rings is 1. The number of aliphatic hydroxyl groups is 1. The standard InChI is InChI=1S/C13H11N5O/c14-6-10(7-15)8-16-11-1-2-13-12(5-11)17-9-18(13)3-4-19/h1-2,5,8-9,16,19H,3-4H2. The van der Waals surface area contributed by atoms with Gasteiger partial charge in [0.05, 0.1) is 24.0 Å². The van der Waals surface area contributed by atoms with Crippen molar-refractivity contribution in [2.45, 2.75) is 6.54 Å². The summed E-state index contributed by atoms with van der Waals surface area (Å²) in [6, 6.07) is 9.04. The summed E-state index contributed by atoms with van der Waals surface area (Å²) in [5, 5.41) is 29.0. The van der Waals surface area contributed by atoms with Crippen molar-refractivity contribution in [3.63, 3.8) is 0 Å². The van der Waals surface area contributed by atoms with Crippen LogP contribution >= 0.6 is 0 Å². The van der Waals surface area contributed by atoms with Gasteiger partial charge in [0.2, 0.25) is 0 Å². The van der Waals surface area contributed by atoms with Crippen LogP contribution < -0.4 is 5.32 Å². The van der Waals surface area contributed by atoms with Crippen molar-refractivity contribution in [1.29, 1.82) is 10.5 Å². The zero-order valence-corrected chi connectivity index (χ0v) is 10.0. The Morgan fingerprint density at radius 3 is 2.89 bits per heavy atom. The summed E-state index contributed by atoms with van der Waals surface area (Å²) < 4.78 is 1.85. The maximum atomic E-state index is 8.92. The van der Waals surface area contributed by atoms with Crippen LogP contribution in [0, 0.1) is 22.7 Å². The van der Waals surface area contributed by atoms with Gasteiger partial charge in [-0.05, 0) is 18.2 Å². The van der Waals surface area contributed by atoms with Crippen LogP contribution in [-0.2, 0) is 6.54 Å². The number of nitrogens with zero attached hydrogens (tertiary/aromatic N) is 4. The Bertz CT molecular complexity index is 686. The van der Waals surface area contributed by atoms with Crippen molar-refractivity contribution in [2.24, 2.45) is 0 Å². The number of hydrogen-bond acceptors (Lipinski definition) is 5. The summed E-state index contributed by atoms with van der Waals surface area (Å²) in [6.45, 7) is 0.554. The minimum Gasteiger partial charge on any atom is -0.395 e. The van der Waals surface area contributed by atoms with Crippen LogP contribution in [0.1, 0.15) is 0 Å². The molecule has 6 nitrogen and oxygen atoms in total. The van der Waals surface area contributed by atoms with Crippen LogP contribution in [0.2, 0.25) is 0 Å². The number of benzene rings is 1. The minimum absolute atomic E-state index is 0.00547. The molecule has 2 rings (SSSR count). The largest absolute Gasteiger partial charge is 0.395 e. The Labute approximate surface area is 109 Å².